The number of likely N-dealkylation sites (tertiary alicyclic amines) is 1. The van der Waals surface area contributed by atoms with Gasteiger partial charge >= 0.3 is 0 Å². The van der Waals surface area contributed by atoms with E-state index >= 15 is 0 Å². The molecule has 2 amide bonds. The van der Waals surface area contributed by atoms with Crippen LogP contribution in [0.3, 0.4) is 0 Å². The third kappa shape index (κ3) is 5.84. The lowest BCUT2D eigenvalue weighted by Gasteiger charge is -2.33. The highest BCUT2D eigenvalue weighted by Gasteiger charge is 2.27. The number of hydrogen-bond donors (Lipinski definition) is 2. The quantitative estimate of drug-likeness (QED) is 0.401. The molecule has 0 aromatic heterocycles. The van der Waals surface area contributed by atoms with E-state index in [1.807, 2.05) is 23.7 Å². The number of amides is 2. The molecule has 1 unspecified atom stereocenters. The van der Waals surface area contributed by atoms with Gasteiger partial charge in [-0.25, -0.2) is 5.84 Å². The first-order valence-corrected chi connectivity index (χ1v) is 8.86. The molecule has 1 rings (SSSR count). The first-order chi connectivity index (χ1) is 9.99. The highest BCUT2D eigenvalue weighted by atomic mass is 32.2. The lowest BCUT2D eigenvalue weighted by atomic mass is 9.96. The van der Waals surface area contributed by atoms with Gasteiger partial charge in [0, 0.05) is 25.0 Å². The first kappa shape index (κ1) is 18.3. The zero-order valence-electron chi connectivity index (χ0n) is 13.3. The van der Waals surface area contributed by atoms with Crippen LogP contribution in [0.1, 0.15) is 26.2 Å². The van der Waals surface area contributed by atoms with Gasteiger partial charge in [-0.15, -0.1) is 0 Å². The van der Waals surface area contributed by atoms with E-state index in [1.54, 1.807) is 0 Å². The maximum atomic E-state index is 12.3. The molecule has 122 valence electrons. The maximum Gasteiger partial charge on any atom is 0.237 e. The summed E-state index contributed by atoms with van der Waals surface area (Å²) in [4.78, 5) is 27.7. The Hall–Kier alpha value is -0.790. The molecule has 0 spiro atoms. The van der Waals surface area contributed by atoms with Gasteiger partial charge in [0.05, 0.1) is 6.54 Å². The van der Waals surface area contributed by atoms with Crippen molar-refractivity contribution in [3.05, 3.63) is 0 Å². The highest BCUT2D eigenvalue weighted by molar-refractivity contribution is 7.98. The van der Waals surface area contributed by atoms with Crippen LogP contribution in [0.5, 0.6) is 0 Å². The van der Waals surface area contributed by atoms with E-state index < -0.39 is 0 Å². The number of nitrogens with one attached hydrogen (secondary N) is 1. The number of hydrazine groups is 1. The molecule has 6 nitrogen and oxygen atoms in total. The van der Waals surface area contributed by atoms with Crippen molar-refractivity contribution in [2.75, 3.05) is 38.7 Å². The Balaban J connectivity index is 2.35. The van der Waals surface area contributed by atoms with Gasteiger partial charge in [-0.3, -0.25) is 19.9 Å². The minimum atomic E-state index is -0.120. The number of piperidine rings is 1. The van der Waals surface area contributed by atoms with Crippen molar-refractivity contribution in [1.82, 2.24) is 15.2 Å². The van der Waals surface area contributed by atoms with E-state index in [9.17, 15) is 9.59 Å². The molecule has 1 aliphatic rings. The standard InChI is InChI=1S/C14H28N4O2S/c1-11(6-9-21-3)17(2)10-13(19)18-7-4-12(5-8-18)14(20)16-15/h11-12H,4-10,15H2,1-3H3,(H,16,20). The Morgan fingerprint density at radius 1 is 1.43 bits per heavy atom. The molecular formula is C14H28N4O2S. The minimum Gasteiger partial charge on any atom is -0.342 e. The average molecular weight is 316 g/mol. The van der Waals surface area contributed by atoms with Gasteiger partial charge in [-0.05, 0) is 45.2 Å². The number of hydrogen-bond acceptors (Lipinski definition) is 5. The SMILES string of the molecule is CSCCC(C)N(C)CC(=O)N1CCC(C(=O)NN)CC1. The van der Waals surface area contributed by atoms with Crippen LogP contribution in [0.15, 0.2) is 0 Å². The number of rotatable bonds is 7. The molecule has 0 aliphatic carbocycles. The number of nitrogens with two attached hydrogens (primary N) is 1. The summed E-state index contributed by atoms with van der Waals surface area (Å²) in [5.41, 5.74) is 2.19. The molecular weight excluding hydrogens is 288 g/mol. The molecule has 0 aromatic carbocycles. The van der Waals surface area contributed by atoms with Crippen LogP contribution in [0.2, 0.25) is 0 Å². The Morgan fingerprint density at radius 2 is 2.05 bits per heavy atom. The van der Waals surface area contributed by atoms with Gasteiger partial charge < -0.3 is 4.90 Å². The average Bonchev–Trinajstić information content (AvgIpc) is 2.51. The Labute approximate surface area is 131 Å². The highest BCUT2D eigenvalue weighted by Crippen LogP contribution is 2.17. The van der Waals surface area contributed by atoms with Gasteiger partial charge in [0.2, 0.25) is 11.8 Å². The van der Waals surface area contributed by atoms with Crippen molar-refractivity contribution in [3.63, 3.8) is 0 Å². The fourth-order valence-electron chi connectivity index (χ4n) is 2.49. The lowest BCUT2D eigenvalue weighted by molar-refractivity contribution is -0.136. The summed E-state index contributed by atoms with van der Waals surface area (Å²) >= 11 is 1.83. The fourth-order valence-corrected chi connectivity index (χ4v) is 3.06. The van der Waals surface area contributed by atoms with Gasteiger partial charge in [0.15, 0.2) is 0 Å². The van der Waals surface area contributed by atoms with Crippen LogP contribution in [0.25, 0.3) is 0 Å². The molecule has 3 N–H and O–H groups in total. The van der Waals surface area contributed by atoms with Crippen molar-refractivity contribution >= 4 is 23.6 Å². The number of likely N-dealkylation sites (N-methyl/N-ethyl adjacent to an activating group) is 1. The van der Waals surface area contributed by atoms with Gasteiger partial charge in [-0.1, -0.05) is 0 Å². The van der Waals surface area contributed by atoms with Crippen molar-refractivity contribution in [1.29, 1.82) is 0 Å². The number of carbonyl (C=O) groups is 2. The molecule has 1 fully saturated rings. The van der Waals surface area contributed by atoms with Gasteiger partial charge in [-0.2, -0.15) is 11.8 Å². The molecule has 21 heavy (non-hydrogen) atoms. The molecule has 7 heteroatoms. The molecule has 0 bridgehead atoms. The summed E-state index contributed by atoms with van der Waals surface area (Å²) in [6.07, 6.45) is 4.57. The second kappa shape index (κ2) is 9.27. The number of thioether (sulfide) groups is 1. The molecule has 1 heterocycles. The predicted octanol–water partition coefficient (Wildman–Crippen LogP) is 0.288. The normalized spacial score (nSPS) is 17.9. The van der Waals surface area contributed by atoms with Gasteiger partial charge in [0.25, 0.3) is 0 Å². The molecule has 0 aromatic rings. The van der Waals surface area contributed by atoms with Crippen molar-refractivity contribution in [2.24, 2.45) is 11.8 Å². The summed E-state index contributed by atoms with van der Waals surface area (Å²) in [5.74, 6) is 6.23. The largest absolute Gasteiger partial charge is 0.342 e. The van der Waals surface area contributed by atoms with Crippen LogP contribution in [-0.2, 0) is 9.59 Å². The zero-order valence-corrected chi connectivity index (χ0v) is 14.1. The summed E-state index contributed by atoms with van der Waals surface area (Å²) in [5, 5.41) is 0. The lowest BCUT2D eigenvalue weighted by Crippen LogP contribution is -2.47. The fraction of sp³-hybridized carbons (Fsp3) is 0.857. The van der Waals surface area contributed by atoms with Gasteiger partial charge in [0.1, 0.15) is 0 Å². The third-order valence-electron chi connectivity index (χ3n) is 4.24. The maximum absolute atomic E-state index is 12.3. The Bertz CT molecular complexity index is 346. The third-order valence-corrected chi connectivity index (χ3v) is 4.88. The minimum absolute atomic E-state index is 0.0581. The topological polar surface area (TPSA) is 78.7 Å². The van der Waals surface area contributed by atoms with Crippen LogP contribution >= 0.6 is 11.8 Å². The molecule has 1 saturated heterocycles. The first-order valence-electron chi connectivity index (χ1n) is 7.47. The predicted molar refractivity (Wildman–Crippen MR) is 86.7 cm³/mol. The van der Waals surface area contributed by atoms with E-state index in [1.165, 1.54) is 0 Å². The van der Waals surface area contributed by atoms with Crippen molar-refractivity contribution in [3.8, 4) is 0 Å². The van der Waals surface area contributed by atoms with Crippen LogP contribution in [0, 0.1) is 5.92 Å². The van der Waals surface area contributed by atoms with E-state index in [0.29, 0.717) is 38.5 Å². The molecule has 1 aliphatic heterocycles. The van der Waals surface area contributed by atoms with E-state index in [0.717, 1.165) is 12.2 Å². The summed E-state index contributed by atoms with van der Waals surface area (Å²) in [6.45, 7) is 3.89. The van der Waals surface area contributed by atoms with Crippen LogP contribution in [-0.4, -0.2) is 66.3 Å². The second-order valence-electron chi connectivity index (χ2n) is 5.71. The summed E-state index contributed by atoms with van der Waals surface area (Å²) in [6, 6.07) is 0.405. The summed E-state index contributed by atoms with van der Waals surface area (Å²) in [7, 11) is 2.00. The van der Waals surface area contributed by atoms with Crippen LogP contribution < -0.4 is 11.3 Å². The second-order valence-corrected chi connectivity index (χ2v) is 6.69. The molecule has 1 atom stereocenters. The van der Waals surface area contributed by atoms with E-state index in [2.05, 4.69) is 23.5 Å². The number of carbonyl (C=O) groups excluding carboxylic acids is 2. The van der Waals surface area contributed by atoms with Crippen LogP contribution in [0.4, 0.5) is 0 Å². The van der Waals surface area contributed by atoms with E-state index in [-0.39, 0.29) is 17.7 Å². The number of nitrogens with zero attached hydrogens (tertiary/aromatic N) is 2. The molecule has 0 radical (unpaired) electrons. The zero-order chi connectivity index (χ0) is 15.8. The molecule has 0 saturated carbocycles. The monoisotopic (exact) mass is 316 g/mol. The smallest absolute Gasteiger partial charge is 0.237 e. The van der Waals surface area contributed by atoms with Crippen molar-refractivity contribution in [2.45, 2.75) is 32.2 Å². The van der Waals surface area contributed by atoms with E-state index in [4.69, 9.17) is 5.84 Å². The Morgan fingerprint density at radius 3 is 2.57 bits per heavy atom. The van der Waals surface area contributed by atoms with Crippen molar-refractivity contribution < 1.29 is 9.59 Å². The Kier molecular flexibility index (Phi) is 8.06. The summed E-state index contributed by atoms with van der Waals surface area (Å²) < 4.78 is 0.